The van der Waals surface area contributed by atoms with E-state index in [1.807, 2.05) is 48.5 Å². The number of unbranched alkanes of at least 4 members (excludes halogenated alkanes) is 32. The highest BCUT2D eigenvalue weighted by atomic mass is 16.6. The molecule has 80 heavy (non-hydrogen) atoms. The first-order valence-electron chi connectivity index (χ1n) is 32.8. The van der Waals surface area contributed by atoms with Crippen molar-refractivity contribution in [3.05, 3.63) is 48.5 Å². The lowest BCUT2D eigenvalue weighted by atomic mass is 9.82. The quantitative estimate of drug-likeness (QED) is 0.0122. The van der Waals surface area contributed by atoms with Gasteiger partial charge >= 0.3 is 23.9 Å². The summed E-state index contributed by atoms with van der Waals surface area (Å²) >= 11 is 0. The molecule has 0 aliphatic carbocycles. The minimum atomic E-state index is -0.348. The van der Waals surface area contributed by atoms with Gasteiger partial charge in [0.15, 0.2) is 23.0 Å². The molecule has 436 valence electrons. The number of carbonyl (C=O) groups excluding carboxylic acids is 4. The van der Waals surface area contributed by atoms with Crippen LogP contribution in [0.15, 0.2) is 48.5 Å². The van der Waals surface area contributed by atoms with Gasteiger partial charge in [-0.25, -0.2) is 0 Å². The van der Waals surface area contributed by atoms with Crippen molar-refractivity contribution in [3.8, 4) is 23.0 Å². The fourth-order valence-electron chi connectivity index (χ4n) is 12.5. The molecule has 0 atom stereocenters. The van der Waals surface area contributed by atoms with E-state index in [-0.39, 0.29) is 72.6 Å². The summed E-state index contributed by atoms with van der Waals surface area (Å²) in [7, 11) is 0. The van der Waals surface area contributed by atoms with Gasteiger partial charge in [0, 0.05) is 68.8 Å². The van der Waals surface area contributed by atoms with Crippen LogP contribution in [0.5, 0.6) is 23.0 Å². The molecular formula is C72H100O8. The van der Waals surface area contributed by atoms with Crippen LogP contribution >= 0.6 is 0 Å². The van der Waals surface area contributed by atoms with Crippen molar-refractivity contribution in [3.63, 3.8) is 0 Å². The number of hydrogen-bond donors (Lipinski definition) is 0. The first-order chi connectivity index (χ1) is 39.3. The average molecular weight is 1090 g/mol. The second-order valence-corrected chi connectivity index (χ2v) is 23.7. The van der Waals surface area contributed by atoms with Gasteiger partial charge in [-0.15, -0.1) is 0 Å². The van der Waals surface area contributed by atoms with E-state index in [9.17, 15) is 19.2 Å². The Kier molecular flexibility index (Phi) is 26.7. The van der Waals surface area contributed by atoms with Crippen molar-refractivity contribution in [2.75, 3.05) is 0 Å². The lowest BCUT2D eigenvalue weighted by Gasteiger charge is -2.25. The van der Waals surface area contributed by atoms with Crippen molar-refractivity contribution >= 4 is 88.5 Å². The van der Waals surface area contributed by atoms with Gasteiger partial charge in [-0.1, -0.05) is 257 Å². The van der Waals surface area contributed by atoms with E-state index in [1.54, 1.807) is 0 Å². The van der Waals surface area contributed by atoms with Crippen molar-refractivity contribution in [1.29, 1.82) is 0 Å². The van der Waals surface area contributed by atoms with Crippen LogP contribution in [-0.2, 0) is 19.2 Å². The summed E-state index contributed by atoms with van der Waals surface area (Å²) in [6.45, 7) is 8.96. The number of esters is 4. The van der Waals surface area contributed by atoms with Crippen molar-refractivity contribution in [2.45, 2.75) is 285 Å². The standard InChI is InChI=1S/C72H100O8/c1-5-9-13-17-21-25-29-33-37-41-59(73)77-69-55-49-45-53-47-51-57-67-63(53)65(55)66-56(70(69)78-60(74)42-38-34-30-26-22-18-14-10-6-2)50-46-54-48-52-58(68(67)64(54)66)72(80-62(76)44-40-36-32-28-24-20-16-12-8-4)71(57)79-61(75)43-39-35-31-27-23-19-15-11-7-3/h45-52H,5-44H2,1-4H3. The minimum Gasteiger partial charge on any atom is -0.422 e. The fourth-order valence-corrected chi connectivity index (χ4v) is 12.5. The van der Waals surface area contributed by atoms with Gasteiger partial charge in [0.2, 0.25) is 0 Å². The summed E-state index contributed by atoms with van der Waals surface area (Å²) in [4.78, 5) is 56.5. The van der Waals surface area contributed by atoms with Gasteiger partial charge in [0.05, 0.1) is 0 Å². The third kappa shape index (κ3) is 17.4. The highest BCUT2D eigenvalue weighted by molar-refractivity contribution is 6.46. The van der Waals surface area contributed by atoms with Crippen LogP contribution in [-0.4, -0.2) is 23.9 Å². The molecule has 0 saturated heterocycles. The lowest BCUT2D eigenvalue weighted by Crippen LogP contribution is -2.14. The normalized spacial score (nSPS) is 11.9. The SMILES string of the molecule is CCCCCCCCCCCC(=O)Oc1c(OC(=O)CCCCCCCCCCC)c2ccc3ccc4c(OC(=O)CCCCCCCCCCC)c(OC(=O)CCCCCCCCCCC)c5ccc6ccc1c1c6c5c4c3c21. The number of hydrogen-bond acceptors (Lipinski definition) is 8. The minimum absolute atomic E-state index is 0.259. The molecule has 7 aromatic carbocycles. The van der Waals surface area contributed by atoms with E-state index in [2.05, 4.69) is 27.7 Å². The molecule has 0 spiro atoms. The van der Waals surface area contributed by atoms with Gasteiger partial charge in [-0.05, 0) is 71.5 Å². The van der Waals surface area contributed by atoms with Gasteiger partial charge in [0.1, 0.15) is 0 Å². The number of rotatable bonds is 44. The number of carbonyl (C=O) groups is 4. The van der Waals surface area contributed by atoms with Crippen molar-refractivity contribution < 1.29 is 38.1 Å². The van der Waals surface area contributed by atoms with Crippen molar-refractivity contribution in [1.82, 2.24) is 0 Å². The van der Waals surface area contributed by atoms with Crippen LogP contribution in [0.4, 0.5) is 0 Å². The van der Waals surface area contributed by atoms with Crippen LogP contribution in [0.2, 0.25) is 0 Å². The third-order valence-corrected chi connectivity index (χ3v) is 17.1. The first-order valence-corrected chi connectivity index (χ1v) is 32.8. The second kappa shape index (κ2) is 34.3. The topological polar surface area (TPSA) is 105 Å². The molecule has 8 heteroatoms. The molecule has 0 radical (unpaired) electrons. The zero-order chi connectivity index (χ0) is 56.3. The molecule has 0 unspecified atom stereocenters. The highest BCUT2D eigenvalue weighted by Gasteiger charge is 2.31. The van der Waals surface area contributed by atoms with E-state index < -0.39 is 0 Å². The maximum Gasteiger partial charge on any atom is 0.311 e. The average Bonchev–Trinajstić information content (AvgIpc) is 3.65. The van der Waals surface area contributed by atoms with Gasteiger partial charge in [-0.2, -0.15) is 0 Å². The molecule has 0 aromatic heterocycles. The molecule has 0 heterocycles. The first kappa shape index (κ1) is 62.4. The monoisotopic (exact) mass is 1090 g/mol. The molecule has 0 aliphatic heterocycles. The third-order valence-electron chi connectivity index (χ3n) is 17.1. The van der Waals surface area contributed by atoms with Crippen molar-refractivity contribution in [2.24, 2.45) is 0 Å². The Morgan fingerprint density at radius 2 is 0.412 bits per heavy atom. The maximum absolute atomic E-state index is 14.1. The van der Waals surface area contributed by atoms with E-state index in [4.69, 9.17) is 18.9 Å². The van der Waals surface area contributed by atoms with E-state index in [0.717, 1.165) is 120 Å². The summed E-state index contributed by atoms with van der Waals surface area (Å²) < 4.78 is 26.1. The Hall–Kier alpha value is -5.24. The van der Waals surface area contributed by atoms with Gasteiger partial charge in [0.25, 0.3) is 0 Å². The maximum atomic E-state index is 14.1. The summed E-state index contributed by atoms with van der Waals surface area (Å²) in [5, 5.41) is 10.0. The Bertz CT molecular complexity index is 2560. The van der Waals surface area contributed by atoms with Crippen LogP contribution < -0.4 is 18.9 Å². The largest absolute Gasteiger partial charge is 0.422 e. The van der Waals surface area contributed by atoms with Crippen LogP contribution in [0.25, 0.3) is 64.6 Å². The zero-order valence-corrected chi connectivity index (χ0v) is 50.2. The summed E-state index contributed by atoms with van der Waals surface area (Å²) in [6, 6.07) is 16.2. The molecule has 0 amide bonds. The molecule has 7 rings (SSSR count). The highest BCUT2D eigenvalue weighted by Crippen LogP contribution is 2.57. The predicted octanol–water partition coefficient (Wildman–Crippen LogP) is 22.2. The molecule has 7 aromatic rings. The van der Waals surface area contributed by atoms with Gasteiger partial charge < -0.3 is 18.9 Å². The van der Waals surface area contributed by atoms with Gasteiger partial charge in [-0.3, -0.25) is 19.2 Å². The summed E-state index contributed by atoms with van der Waals surface area (Å²) in [5.74, 6) is -0.347. The predicted molar refractivity (Wildman–Crippen MR) is 335 cm³/mol. The Balaban J connectivity index is 1.25. The second-order valence-electron chi connectivity index (χ2n) is 23.7. The number of benzene rings is 7. The summed E-state index contributed by atoms with van der Waals surface area (Å²) in [6.07, 6.45) is 41.9. The smallest absolute Gasteiger partial charge is 0.311 e. The Morgan fingerprint density at radius 3 is 0.600 bits per heavy atom. The van der Waals surface area contributed by atoms with Crippen LogP contribution in [0.1, 0.15) is 285 Å². The Labute approximate surface area is 480 Å². The molecule has 0 aliphatic rings. The molecule has 0 fully saturated rings. The molecule has 8 nitrogen and oxygen atoms in total. The molecular weight excluding hydrogens is 993 g/mol. The lowest BCUT2D eigenvalue weighted by molar-refractivity contribution is -0.137. The van der Waals surface area contributed by atoms with E-state index in [1.165, 1.54) is 154 Å². The van der Waals surface area contributed by atoms with E-state index in [0.29, 0.717) is 21.5 Å². The molecule has 0 bridgehead atoms. The zero-order valence-electron chi connectivity index (χ0n) is 50.2. The van der Waals surface area contributed by atoms with Crippen LogP contribution in [0, 0.1) is 0 Å². The fraction of sp³-hybridized carbons (Fsp3) is 0.611. The van der Waals surface area contributed by atoms with E-state index >= 15 is 0 Å². The summed E-state index contributed by atoms with van der Waals surface area (Å²) in [5.41, 5.74) is 0. The Morgan fingerprint density at radius 1 is 0.237 bits per heavy atom. The van der Waals surface area contributed by atoms with Crippen LogP contribution in [0.3, 0.4) is 0 Å². The molecule has 0 saturated carbocycles. The number of ether oxygens (including phenoxy) is 4. The molecule has 0 N–H and O–H groups in total.